The second kappa shape index (κ2) is 6.76. The molecule has 1 amide bonds. The Bertz CT molecular complexity index is 1060. The van der Waals surface area contributed by atoms with Crippen molar-refractivity contribution < 1.29 is 9.53 Å². The number of hydrogen-bond acceptors (Lipinski definition) is 3. The summed E-state index contributed by atoms with van der Waals surface area (Å²) in [6.45, 7) is 0.441. The van der Waals surface area contributed by atoms with Gasteiger partial charge in [0.1, 0.15) is 5.75 Å². The molecule has 6 nitrogen and oxygen atoms in total. The van der Waals surface area contributed by atoms with Gasteiger partial charge in [-0.2, -0.15) is 5.10 Å². The Kier molecular flexibility index (Phi) is 4.15. The summed E-state index contributed by atoms with van der Waals surface area (Å²) in [6, 6.07) is 15.6. The number of aromatic amines is 2. The van der Waals surface area contributed by atoms with Crippen molar-refractivity contribution in [3.05, 3.63) is 72.1 Å². The molecule has 0 aliphatic carbocycles. The quantitative estimate of drug-likeness (QED) is 0.517. The van der Waals surface area contributed by atoms with Crippen LogP contribution in [-0.2, 0) is 6.54 Å². The fraction of sp³-hybridized carbons (Fsp3) is 0.100. The standard InChI is InChI=1S/C20H18N4O2/c1-26-16-4-2-3-15(10-16)19-17(12-23-24-19)20(25)22-11-13-5-6-14-7-8-21-18(14)9-13/h2-10,12,21H,11H2,1H3,(H,22,25)(H,23,24). The number of aromatic nitrogens is 3. The van der Waals surface area contributed by atoms with Crippen molar-refractivity contribution in [2.45, 2.75) is 6.54 Å². The van der Waals surface area contributed by atoms with Crippen LogP contribution in [0, 0.1) is 0 Å². The maximum Gasteiger partial charge on any atom is 0.255 e. The van der Waals surface area contributed by atoms with Crippen LogP contribution in [0.3, 0.4) is 0 Å². The molecule has 0 aliphatic rings. The van der Waals surface area contributed by atoms with Crippen LogP contribution < -0.4 is 10.1 Å². The zero-order valence-corrected chi connectivity index (χ0v) is 14.2. The van der Waals surface area contributed by atoms with E-state index in [-0.39, 0.29) is 5.91 Å². The van der Waals surface area contributed by atoms with Crippen LogP contribution in [0.4, 0.5) is 0 Å². The van der Waals surface area contributed by atoms with Crippen LogP contribution in [0.15, 0.2) is 60.9 Å². The first-order valence-electron chi connectivity index (χ1n) is 8.26. The molecule has 6 heteroatoms. The van der Waals surface area contributed by atoms with Crippen molar-refractivity contribution in [3.63, 3.8) is 0 Å². The van der Waals surface area contributed by atoms with E-state index in [9.17, 15) is 4.79 Å². The van der Waals surface area contributed by atoms with Gasteiger partial charge < -0.3 is 15.0 Å². The fourth-order valence-electron chi connectivity index (χ4n) is 2.94. The van der Waals surface area contributed by atoms with Crippen LogP contribution in [0.1, 0.15) is 15.9 Å². The van der Waals surface area contributed by atoms with E-state index in [1.54, 1.807) is 7.11 Å². The SMILES string of the molecule is COc1cccc(-c2[nH]ncc2C(=O)NCc2ccc3cc[nH]c3c2)c1. The number of fused-ring (bicyclic) bond motifs is 1. The highest BCUT2D eigenvalue weighted by Gasteiger charge is 2.15. The Morgan fingerprint density at radius 2 is 2.12 bits per heavy atom. The molecule has 0 saturated carbocycles. The molecular weight excluding hydrogens is 328 g/mol. The molecule has 2 heterocycles. The number of benzene rings is 2. The molecule has 0 unspecified atom stereocenters. The first-order chi connectivity index (χ1) is 12.7. The summed E-state index contributed by atoms with van der Waals surface area (Å²) < 4.78 is 5.25. The number of amides is 1. The Labute approximate surface area is 150 Å². The highest BCUT2D eigenvalue weighted by molar-refractivity contribution is 5.99. The number of hydrogen-bond donors (Lipinski definition) is 3. The number of methoxy groups -OCH3 is 1. The van der Waals surface area contributed by atoms with Gasteiger partial charge in [-0.05, 0) is 35.2 Å². The average Bonchev–Trinajstić information content (AvgIpc) is 3.35. The molecule has 0 atom stereocenters. The Hall–Kier alpha value is -3.54. The van der Waals surface area contributed by atoms with Gasteiger partial charge in [0.25, 0.3) is 5.91 Å². The lowest BCUT2D eigenvalue weighted by molar-refractivity contribution is 0.0951. The molecule has 0 spiro atoms. The van der Waals surface area contributed by atoms with Gasteiger partial charge in [-0.25, -0.2) is 0 Å². The lowest BCUT2D eigenvalue weighted by Crippen LogP contribution is -2.22. The van der Waals surface area contributed by atoms with Crippen molar-refractivity contribution >= 4 is 16.8 Å². The monoisotopic (exact) mass is 346 g/mol. The number of ether oxygens (including phenoxy) is 1. The summed E-state index contributed by atoms with van der Waals surface area (Å²) in [5, 5.41) is 11.0. The summed E-state index contributed by atoms with van der Waals surface area (Å²) in [7, 11) is 1.61. The summed E-state index contributed by atoms with van der Waals surface area (Å²) >= 11 is 0. The van der Waals surface area contributed by atoms with Gasteiger partial charge in [-0.1, -0.05) is 24.3 Å². The first kappa shape index (κ1) is 16.0. The van der Waals surface area contributed by atoms with Crippen molar-refractivity contribution in [1.29, 1.82) is 0 Å². The van der Waals surface area contributed by atoms with Crippen molar-refractivity contribution in [1.82, 2.24) is 20.5 Å². The summed E-state index contributed by atoms with van der Waals surface area (Å²) in [6.07, 6.45) is 3.44. The Morgan fingerprint density at radius 1 is 1.19 bits per heavy atom. The highest BCUT2D eigenvalue weighted by atomic mass is 16.5. The number of H-pyrrole nitrogens is 2. The Morgan fingerprint density at radius 3 is 3.00 bits per heavy atom. The smallest absolute Gasteiger partial charge is 0.255 e. The third-order valence-corrected chi connectivity index (χ3v) is 4.31. The average molecular weight is 346 g/mol. The molecule has 2 aromatic heterocycles. The van der Waals surface area contributed by atoms with Crippen molar-refractivity contribution in [2.24, 2.45) is 0 Å². The zero-order chi connectivity index (χ0) is 17.9. The van der Waals surface area contributed by atoms with Crippen LogP contribution in [0.2, 0.25) is 0 Å². The lowest BCUT2D eigenvalue weighted by Gasteiger charge is -2.07. The molecule has 130 valence electrons. The van der Waals surface area contributed by atoms with Gasteiger partial charge >= 0.3 is 0 Å². The van der Waals surface area contributed by atoms with E-state index in [2.05, 4.69) is 20.5 Å². The second-order valence-corrected chi connectivity index (χ2v) is 5.97. The number of carbonyl (C=O) groups excluding carboxylic acids is 1. The van der Waals surface area contributed by atoms with Crippen molar-refractivity contribution in [3.8, 4) is 17.0 Å². The normalized spacial score (nSPS) is 10.8. The minimum Gasteiger partial charge on any atom is -0.497 e. The summed E-state index contributed by atoms with van der Waals surface area (Å²) in [5.74, 6) is 0.547. The van der Waals surface area contributed by atoms with E-state index in [4.69, 9.17) is 4.74 Å². The van der Waals surface area contributed by atoms with Gasteiger partial charge in [-0.15, -0.1) is 0 Å². The third-order valence-electron chi connectivity index (χ3n) is 4.31. The molecule has 0 radical (unpaired) electrons. The molecule has 4 rings (SSSR count). The highest BCUT2D eigenvalue weighted by Crippen LogP contribution is 2.25. The molecule has 26 heavy (non-hydrogen) atoms. The van der Waals surface area contributed by atoms with Gasteiger partial charge in [0.15, 0.2) is 0 Å². The second-order valence-electron chi connectivity index (χ2n) is 5.97. The molecule has 3 N–H and O–H groups in total. The third kappa shape index (κ3) is 3.04. The minimum atomic E-state index is -0.178. The van der Waals surface area contributed by atoms with E-state index < -0.39 is 0 Å². The van der Waals surface area contributed by atoms with Gasteiger partial charge in [0.05, 0.1) is 24.6 Å². The van der Waals surface area contributed by atoms with E-state index >= 15 is 0 Å². The number of rotatable bonds is 5. The molecular formula is C20H18N4O2. The maximum atomic E-state index is 12.6. The van der Waals surface area contributed by atoms with Crippen molar-refractivity contribution in [2.75, 3.05) is 7.11 Å². The number of nitrogens with one attached hydrogen (secondary N) is 3. The fourth-order valence-corrected chi connectivity index (χ4v) is 2.94. The van der Waals surface area contributed by atoms with Crippen LogP contribution in [0.25, 0.3) is 22.2 Å². The number of nitrogens with zero attached hydrogens (tertiary/aromatic N) is 1. The summed E-state index contributed by atoms with van der Waals surface area (Å²) in [4.78, 5) is 15.8. The van der Waals surface area contributed by atoms with Crippen LogP contribution >= 0.6 is 0 Å². The van der Waals surface area contributed by atoms with E-state index in [1.807, 2.05) is 54.7 Å². The molecule has 0 saturated heterocycles. The van der Waals surface area contributed by atoms with Gasteiger partial charge in [0.2, 0.25) is 0 Å². The number of carbonyl (C=O) groups is 1. The topological polar surface area (TPSA) is 82.8 Å². The van der Waals surface area contributed by atoms with E-state index in [0.717, 1.165) is 27.8 Å². The van der Waals surface area contributed by atoms with Crippen LogP contribution in [0.5, 0.6) is 5.75 Å². The minimum absolute atomic E-state index is 0.178. The first-order valence-corrected chi connectivity index (χ1v) is 8.26. The summed E-state index contributed by atoms with van der Waals surface area (Å²) in [5.41, 5.74) is 4.09. The lowest BCUT2D eigenvalue weighted by atomic mass is 10.1. The molecule has 2 aromatic carbocycles. The zero-order valence-electron chi connectivity index (χ0n) is 14.2. The van der Waals surface area contributed by atoms with Gasteiger partial charge in [0, 0.05) is 23.8 Å². The molecule has 0 aliphatic heterocycles. The predicted octanol–water partition coefficient (Wildman–Crippen LogP) is 3.50. The maximum absolute atomic E-state index is 12.6. The molecule has 0 fully saturated rings. The molecule has 4 aromatic rings. The molecule has 0 bridgehead atoms. The van der Waals surface area contributed by atoms with E-state index in [1.165, 1.54) is 6.20 Å². The Balaban J connectivity index is 1.52. The van der Waals surface area contributed by atoms with E-state index in [0.29, 0.717) is 17.8 Å². The van der Waals surface area contributed by atoms with Gasteiger partial charge in [-0.3, -0.25) is 9.89 Å². The largest absolute Gasteiger partial charge is 0.497 e. The van der Waals surface area contributed by atoms with Crippen LogP contribution in [-0.4, -0.2) is 28.2 Å². The predicted molar refractivity (Wildman–Crippen MR) is 100 cm³/mol.